The monoisotopic (exact) mass is 562 g/mol. The van der Waals surface area contributed by atoms with E-state index in [1.807, 2.05) is 0 Å². The molecule has 2 aliphatic heterocycles. The third-order valence-electron chi connectivity index (χ3n) is 10.5. The van der Waals surface area contributed by atoms with Gasteiger partial charge in [-0.25, -0.2) is 0 Å². The van der Waals surface area contributed by atoms with Gasteiger partial charge in [0.25, 0.3) is 0 Å². The van der Waals surface area contributed by atoms with E-state index in [-0.39, 0.29) is 6.85 Å². The van der Waals surface area contributed by atoms with Crippen molar-refractivity contribution in [1.29, 1.82) is 0 Å². The molecule has 3 nitrogen and oxygen atoms in total. The minimum absolute atomic E-state index is 0.0370. The van der Waals surface area contributed by atoms with Crippen LogP contribution in [0.5, 0.6) is 0 Å². The van der Waals surface area contributed by atoms with Crippen molar-refractivity contribution in [2.75, 3.05) is 0 Å². The third-order valence-corrected chi connectivity index (χ3v) is 10.5. The molecule has 0 N–H and O–H groups in total. The van der Waals surface area contributed by atoms with Crippen molar-refractivity contribution >= 4 is 83.3 Å². The molecule has 0 saturated heterocycles. The zero-order chi connectivity index (χ0) is 28.7. The summed E-state index contributed by atoms with van der Waals surface area (Å²) in [6, 6.07) is 40.8. The Hall–Kier alpha value is -5.22. The Kier molecular flexibility index (Phi) is 4.25. The van der Waals surface area contributed by atoms with Crippen LogP contribution < -0.4 is 10.9 Å². The van der Waals surface area contributed by atoms with Crippen LogP contribution in [0, 0.1) is 0 Å². The maximum Gasteiger partial charge on any atom is 0.333 e. The first-order valence-corrected chi connectivity index (χ1v) is 15.9. The summed E-state index contributed by atoms with van der Waals surface area (Å²) in [6.07, 6.45) is 3.53. The molecule has 2 aliphatic rings. The highest BCUT2D eigenvalue weighted by atomic mass is 16.3. The van der Waals surface area contributed by atoms with Crippen LogP contribution in [0.4, 0.5) is 0 Å². The lowest BCUT2D eigenvalue weighted by Gasteiger charge is -2.34. The fourth-order valence-electron chi connectivity index (χ4n) is 8.68. The quantitative estimate of drug-likeness (QED) is 0.197. The molecule has 0 aliphatic carbocycles. The number of para-hydroxylation sites is 4. The molecule has 0 atom stereocenters. The van der Waals surface area contributed by atoms with Gasteiger partial charge in [-0.2, -0.15) is 0 Å². The van der Waals surface area contributed by atoms with Gasteiger partial charge in [0.2, 0.25) is 0 Å². The van der Waals surface area contributed by atoms with Crippen molar-refractivity contribution in [3.8, 4) is 16.8 Å². The molecule has 0 radical (unpaired) electrons. The molecule has 4 heteroatoms. The lowest BCUT2D eigenvalue weighted by atomic mass is 9.45. The number of hydrogen-bond donors (Lipinski definition) is 0. The Balaban J connectivity index is 1.40. The predicted molar refractivity (Wildman–Crippen MR) is 186 cm³/mol. The van der Waals surface area contributed by atoms with Crippen molar-refractivity contribution in [3.63, 3.8) is 0 Å². The lowest BCUT2D eigenvalue weighted by Crippen LogP contribution is -2.55. The number of aryl methyl sites for hydroxylation is 1. The number of fused-ring (bicyclic) bond motifs is 14. The first-order chi connectivity index (χ1) is 21.8. The number of benzene rings is 6. The van der Waals surface area contributed by atoms with E-state index >= 15 is 0 Å². The number of rotatable bonds is 3. The van der Waals surface area contributed by atoms with Crippen LogP contribution in [0.2, 0.25) is 0 Å². The van der Waals surface area contributed by atoms with Crippen LogP contribution in [0.25, 0.3) is 82.4 Å². The molecule has 0 unspecified atom stereocenters. The second kappa shape index (κ2) is 8.03. The van der Waals surface area contributed by atoms with Crippen LogP contribution in [-0.2, 0) is 6.42 Å². The summed E-state index contributed by atoms with van der Waals surface area (Å²) in [5, 5.41) is 7.65. The fourth-order valence-corrected chi connectivity index (χ4v) is 8.68. The van der Waals surface area contributed by atoms with Crippen LogP contribution >= 0.6 is 0 Å². The SMILES string of the molecule is CCCCc1ccc2c(c1)c1cccc3c1n2-c1cc2c(oc4ccccc42)c2c1B3n1c3ccccc3c3cccc-2c31. The van der Waals surface area contributed by atoms with Crippen molar-refractivity contribution in [1.82, 2.24) is 9.05 Å². The summed E-state index contributed by atoms with van der Waals surface area (Å²) in [5.41, 5.74) is 15.0. The van der Waals surface area contributed by atoms with Gasteiger partial charge < -0.3 is 13.5 Å². The molecule has 0 fully saturated rings. The van der Waals surface area contributed by atoms with Gasteiger partial charge in [-0.3, -0.25) is 0 Å². The summed E-state index contributed by atoms with van der Waals surface area (Å²) in [5.74, 6) is 0. The molecule has 5 heterocycles. The summed E-state index contributed by atoms with van der Waals surface area (Å²) >= 11 is 0. The largest absolute Gasteiger partial charge is 0.455 e. The van der Waals surface area contributed by atoms with Gasteiger partial charge in [-0.1, -0.05) is 92.2 Å². The van der Waals surface area contributed by atoms with Gasteiger partial charge >= 0.3 is 6.85 Å². The third kappa shape index (κ3) is 2.63. The van der Waals surface area contributed by atoms with E-state index in [9.17, 15) is 0 Å². The van der Waals surface area contributed by atoms with Crippen LogP contribution in [0.15, 0.2) is 114 Å². The standard InChI is InChI=1S/C40H27BN2O/c1-2-3-10-23-19-20-32-29(21-23)27-14-9-16-31-39(27)42(32)34-22-30-25-12-5-7-18-35(25)44-40(30)36-28-15-8-13-26-24-11-4-6-17-33(24)43(38(26)28)41(31)37(34)36/h4-9,11-22H,2-3,10H2,1H3. The lowest BCUT2D eigenvalue weighted by molar-refractivity contribution is 0.670. The number of unbranched alkanes of at least 4 members (excludes halogenated alkanes) is 1. The molecule has 206 valence electrons. The van der Waals surface area contributed by atoms with E-state index in [1.165, 1.54) is 101 Å². The summed E-state index contributed by atoms with van der Waals surface area (Å²) in [4.78, 5) is 0. The van der Waals surface area contributed by atoms with Gasteiger partial charge in [0.1, 0.15) is 11.2 Å². The van der Waals surface area contributed by atoms with Gasteiger partial charge in [-0.05, 0) is 59.7 Å². The highest BCUT2D eigenvalue weighted by Crippen LogP contribution is 2.47. The molecule has 0 spiro atoms. The van der Waals surface area contributed by atoms with Crippen molar-refractivity contribution in [3.05, 3.63) is 115 Å². The zero-order valence-corrected chi connectivity index (χ0v) is 24.4. The van der Waals surface area contributed by atoms with E-state index in [2.05, 4.69) is 125 Å². The molecule has 11 rings (SSSR count). The summed E-state index contributed by atoms with van der Waals surface area (Å²) in [7, 11) is 0. The first-order valence-electron chi connectivity index (χ1n) is 15.9. The summed E-state index contributed by atoms with van der Waals surface area (Å²) in [6.45, 7) is 2.31. The minimum Gasteiger partial charge on any atom is -0.455 e. The molecule has 0 bridgehead atoms. The van der Waals surface area contributed by atoms with E-state index in [0.717, 1.165) is 17.6 Å². The van der Waals surface area contributed by atoms with E-state index in [4.69, 9.17) is 4.42 Å². The van der Waals surface area contributed by atoms with Gasteiger partial charge in [0.05, 0.1) is 11.0 Å². The maximum absolute atomic E-state index is 6.81. The molecule has 0 amide bonds. The van der Waals surface area contributed by atoms with Gasteiger partial charge in [0.15, 0.2) is 0 Å². The fraction of sp³-hybridized carbons (Fsp3) is 0.100. The Bertz CT molecular complexity index is 2720. The second-order valence-electron chi connectivity index (χ2n) is 12.7. The smallest absolute Gasteiger partial charge is 0.333 e. The Morgan fingerprint density at radius 2 is 1.45 bits per heavy atom. The molecule has 6 aromatic carbocycles. The molecule has 9 aromatic rings. The van der Waals surface area contributed by atoms with Gasteiger partial charge in [-0.15, -0.1) is 0 Å². The average Bonchev–Trinajstić information content (AvgIpc) is 3.72. The van der Waals surface area contributed by atoms with Crippen LogP contribution in [0.3, 0.4) is 0 Å². The molecular weight excluding hydrogens is 535 g/mol. The van der Waals surface area contributed by atoms with E-state index in [0.29, 0.717) is 0 Å². The molecule has 3 aromatic heterocycles. The second-order valence-corrected chi connectivity index (χ2v) is 12.7. The van der Waals surface area contributed by atoms with Crippen molar-refractivity contribution < 1.29 is 4.42 Å². The molecule has 44 heavy (non-hydrogen) atoms. The van der Waals surface area contributed by atoms with Crippen LogP contribution in [0.1, 0.15) is 25.3 Å². The number of nitrogens with zero attached hydrogens (tertiary/aromatic N) is 2. The van der Waals surface area contributed by atoms with Gasteiger partial charge in [0, 0.05) is 60.2 Å². The highest BCUT2D eigenvalue weighted by molar-refractivity contribution is 6.90. The highest BCUT2D eigenvalue weighted by Gasteiger charge is 2.42. The van der Waals surface area contributed by atoms with E-state index < -0.39 is 0 Å². The summed E-state index contributed by atoms with van der Waals surface area (Å²) < 4.78 is 12.0. The normalized spacial score (nSPS) is 13.3. The van der Waals surface area contributed by atoms with Crippen LogP contribution in [-0.4, -0.2) is 15.9 Å². The zero-order valence-electron chi connectivity index (χ0n) is 24.4. The number of hydrogen-bond acceptors (Lipinski definition) is 1. The molecular formula is C40H27BN2O. The Labute approximate surface area is 254 Å². The topological polar surface area (TPSA) is 23.0 Å². The first kappa shape index (κ1) is 23.3. The van der Waals surface area contributed by atoms with E-state index in [1.54, 1.807) is 0 Å². The van der Waals surface area contributed by atoms with Crippen molar-refractivity contribution in [2.24, 2.45) is 0 Å². The average molecular weight is 562 g/mol. The Morgan fingerprint density at radius 1 is 0.659 bits per heavy atom. The Morgan fingerprint density at radius 3 is 2.36 bits per heavy atom. The number of furan rings is 1. The minimum atomic E-state index is 0.0370. The number of aromatic nitrogens is 2. The predicted octanol–water partition coefficient (Wildman–Crippen LogP) is 9.08. The van der Waals surface area contributed by atoms with Crippen molar-refractivity contribution in [2.45, 2.75) is 26.2 Å². The molecule has 0 saturated carbocycles. The maximum atomic E-state index is 6.81.